The van der Waals surface area contributed by atoms with Crippen molar-refractivity contribution in [3.63, 3.8) is 0 Å². The molecule has 1 amide bonds. The Balaban J connectivity index is 1.75. The molecule has 6 nitrogen and oxygen atoms in total. The molecule has 0 aliphatic carbocycles. The highest BCUT2D eigenvalue weighted by atomic mass is 16.6. The molecule has 0 spiro atoms. The Kier molecular flexibility index (Phi) is 4.25. The van der Waals surface area contributed by atoms with Crippen LogP contribution in [0.25, 0.3) is 10.9 Å². The van der Waals surface area contributed by atoms with Crippen LogP contribution in [0.4, 0.5) is 4.79 Å². The molecule has 1 aliphatic rings. The first-order valence-corrected chi connectivity index (χ1v) is 8.34. The van der Waals surface area contributed by atoms with Crippen LogP contribution in [-0.2, 0) is 4.74 Å². The number of aromatic amines is 1. The number of aliphatic hydroxyl groups excluding tert-OH is 1. The van der Waals surface area contributed by atoms with Crippen molar-refractivity contribution in [3.8, 4) is 0 Å². The largest absolute Gasteiger partial charge is 0.444 e. The summed E-state index contributed by atoms with van der Waals surface area (Å²) in [6.07, 6.45) is 1.54. The van der Waals surface area contributed by atoms with Gasteiger partial charge in [0.25, 0.3) is 0 Å². The number of H-pyrrole nitrogens is 1. The predicted octanol–water partition coefficient (Wildman–Crippen LogP) is 2.96. The topological polar surface area (TPSA) is 78.5 Å². The number of aliphatic hydroxyl groups is 1. The van der Waals surface area contributed by atoms with Gasteiger partial charge in [0.05, 0.1) is 24.4 Å². The molecule has 3 rings (SSSR count). The molecule has 1 saturated heterocycles. The summed E-state index contributed by atoms with van der Waals surface area (Å²) in [5, 5.41) is 18.7. The zero-order chi connectivity index (χ0) is 17.5. The maximum atomic E-state index is 12.2. The van der Waals surface area contributed by atoms with Gasteiger partial charge >= 0.3 is 6.09 Å². The molecule has 6 heteroatoms. The van der Waals surface area contributed by atoms with E-state index in [4.69, 9.17) is 4.74 Å². The van der Waals surface area contributed by atoms with Crippen LogP contribution in [-0.4, -0.2) is 51.1 Å². The lowest BCUT2D eigenvalue weighted by Gasteiger charge is -2.37. The molecule has 1 aromatic carbocycles. The van der Waals surface area contributed by atoms with E-state index in [-0.39, 0.29) is 12.0 Å². The molecule has 130 valence electrons. The number of aromatic nitrogens is 2. The average molecular weight is 331 g/mol. The van der Waals surface area contributed by atoms with Crippen molar-refractivity contribution in [2.45, 2.75) is 51.7 Å². The van der Waals surface area contributed by atoms with Crippen molar-refractivity contribution in [2.75, 3.05) is 13.1 Å². The van der Waals surface area contributed by atoms with Crippen LogP contribution in [0.3, 0.4) is 0 Å². The molecule has 2 aromatic rings. The van der Waals surface area contributed by atoms with Crippen LogP contribution in [0.1, 0.15) is 44.2 Å². The molecule has 2 atom stereocenters. The first-order valence-electron chi connectivity index (χ1n) is 8.34. The molecule has 1 aromatic heterocycles. The second-order valence-electron chi connectivity index (χ2n) is 7.55. The molecule has 1 fully saturated rings. The number of piperidine rings is 1. The summed E-state index contributed by atoms with van der Waals surface area (Å²) < 4.78 is 5.40. The van der Waals surface area contributed by atoms with Crippen LogP contribution in [0, 0.1) is 6.92 Å². The number of hydrogen-bond donors (Lipinski definition) is 2. The Hall–Kier alpha value is -2.08. The molecular weight excluding hydrogens is 306 g/mol. The summed E-state index contributed by atoms with van der Waals surface area (Å²) in [5.74, 6) is 0.0105. The van der Waals surface area contributed by atoms with Crippen LogP contribution in [0.5, 0.6) is 0 Å². The van der Waals surface area contributed by atoms with Crippen molar-refractivity contribution in [2.24, 2.45) is 0 Å². The van der Waals surface area contributed by atoms with Gasteiger partial charge in [0.1, 0.15) is 5.60 Å². The fraction of sp³-hybridized carbons (Fsp3) is 0.556. The second-order valence-corrected chi connectivity index (χ2v) is 7.55. The van der Waals surface area contributed by atoms with Gasteiger partial charge in [-0.15, -0.1) is 0 Å². The number of hydrogen-bond acceptors (Lipinski definition) is 4. The van der Waals surface area contributed by atoms with Gasteiger partial charge in [-0.25, -0.2) is 4.79 Å². The lowest BCUT2D eigenvalue weighted by atomic mass is 9.84. The smallest absolute Gasteiger partial charge is 0.410 e. The lowest BCUT2D eigenvalue weighted by molar-refractivity contribution is -0.00155. The average Bonchev–Trinajstić information content (AvgIpc) is 2.91. The fourth-order valence-corrected chi connectivity index (χ4v) is 3.31. The number of rotatable bonds is 1. The summed E-state index contributed by atoms with van der Waals surface area (Å²) in [6.45, 7) is 8.46. The van der Waals surface area contributed by atoms with Crippen molar-refractivity contribution in [3.05, 3.63) is 29.5 Å². The molecule has 0 radical (unpaired) electrons. The molecule has 2 heterocycles. The third kappa shape index (κ3) is 3.38. The number of fused-ring (bicyclic) bond motifs is 1. The zero-order valence-electron chi connectivity index (χ0n) is 14.7. The zero-order valence-corrected chi connectivity index (χ0v) is 14.7. The standard InChI is InChI=1S/C18H25N3O3/c1-11-7-12-9-19-20-15(12)8-14(11)13-5-6-21(10-16(13)22)17(23)24-18(2,3)4/h7-9,13,16,22H,5-6,10H2,1-4H3,(H,19,20). The maximum Gasteiger partial charge on any atom is 0.410 e. The van der Waals surface area contributed by atoms with Gasteiger partial charge < -0.3 is 14.7 Å². The molecule has 0 bridgehead atoms. The highest BCUT2D eigenvalue weighted by Gasteiger charge is 2.34. The summed E-state index contributed by atoms with van der Waals surface area (Å²) >= 11 is 0. The molecule has 2 N–H and O–H groups in total. The van der Waals surface area contributed by atoms with Crippen LogP contribution >= 0.6 is 0 Å². The van der Waals surface area contributed by atoms with Crippen molar-refractivity contribution in [1.82, 2.24) is 15.1 Å². The summed E-state index contributed by atoms with van der Waals surface area (Å²) in [4.78, 5) is 13.8. The Bertz CT molecular complexity index is 748. The number of amides is 1. The van der Waals surface area contributed by atoms with Gasteiger partial charge in [-0.3, -0.25) is 5.10 Å². The highest BCUT2D eigenvalue weighted by Crippen LogP contribution is 2.33. The normalized spacial score (nSPS) is 22.0. The quantitative estimate of drug-likeness (QED) is 0.842. The third-order valence-electron chi connectivity index (χ3n) is 4.46. The number of carbonyl (C=O) groups excluding carboxylic acids is 1. The van der Waals surface area contributed by atoms with Crippen LogP contribution in [0.15, 0.2) is 18.3 Å². The Morgan fingerprint density at radius 3 is 2.83 bits per heavy atom. The van der Waals surface area contributed by atoms with Gasteiger partial charge in [-0.1, -0.05) is 0 Å². The van der Waals surface area contributed by atoms with Crippen LogP contribution < -0.4 is 0 Å². The summed E-state index contributed by atoms with van der Waals surface area (Å²) in [5.41, 5.74) is 2.69. The number of β-amino-alcohol motifs (C(OH)–C–C–N with tert-alkyl or cyclic N) is 1. The first kappa shape index (κ1) is 16.8. The van der Waals surface area contributed by atoms with Crippen molar-refractivity contribution >= 4 is 17.0 Å². The third-order valence-corrected chi connectivity index (χ3v) is 4.46. The number of carbonyl (C=O) groups is 1. The minimum Gasteiger partial charge on any atom is -0.444 e. The minimum atomic E-state index is -0.606. The van der Waals surface area contributed by atoms with E-state index in [1.807, 2.05) is 20.8 Å². The number of nitrogens with one attached hydrogen (secondary N) is 1. The van der Waals surface area contributed by atoms with Crippen LogP contribution in [0.2, 0.25) is 0 Å². The van der Waals surface area contributed by atoms with Crippen molar-refractivity contribution in [1.29, 1.82) is 0 Å². The van der Waals surface area contributed by atoms with E-state index in [0.29, 0.717) is 19.5 Å². The summed E-state index contributed by atoms with van der Waals surface area (Å²) in [6, 6.07) is 4.15. The number of benzene rings is 1. The Morgan fingerprint density at radius 2 is 2.17 bits per heavy atom. The van der Waals surface area contributed by atoms with E-state index in [1.54, 1.807) is 11.1 Å². The van der Waals surface area contributed by atoms with Gasteiger partial charge in [0.15, 0.2) is 0 Å². The molecule has 0 saturated carbocycles. The number of ether oxygens (including phenoxy) is 1. The first-order chi connectivity index (χ1) is 11.2. The molecule has 2 unspecified atom stereocenters. The number of aryl methyl sites for hydroxylation is 1. The van der Waals surface area contributed by atoms with Gasteiger partial charge in [0, 0.05) is 17.8 Å². The molecular formula is C18H25N3O3. The van der Waals surface area contributed by atoms with E-state index in [0.717, 1.165) is 22.0 Å². The Morgan fingerprint density at radius 1 is 1.42 bits per heavy atom. The summed E-state index contributed by atoms with van der Waals surface area (Å²) in [7, 11) is 0. The van der Waals surface area contributed by atoms with Gasteiger partial charge in [-0.2, -0.15) is 5.10 Å². The fourth-order valence-electron chi connectivity index (χ4n) is 3.31. The monoisotopic (exact) mass is 331 g/mol. The Labute approximate surface area is 141 Å². The van der Waals surface area contributed by atoms with Gasteiger partial charge in [-0.05, 0) is 57.4 Å². The van der Waals surface area contributed by atoms with Gasteiger partial charge in [0.2, 0.25) is 0 Å². The van der Waals surface area contributed by atoms with E-state index in [9.17, 15) is 9.90 Å². The predicted molar refractivity (Wildman–Crippen MR) is 92.0 cm³/mol. The number of nitrogens with zero attached hydrogens (tertiary/aromatic N) is 2. The lowest BCUT2D eigenvalue weighted by Crippen LogP contribution is -2.47. The minimum absolute atomic E-state index is 0.0105. The van der Waals surface area contributed by atoms with E-state index in [1.165, 1.54) is 0 Å². The second kappa shape index (κ2) is 6.09. The van der Waals surface area contributed by atoms with Crippen molar-refractivity contribution < 1.29 is 14.6 Å². The molecule has 24 heavy (non-hydrogen) atoms. The van der Waals surface area contributed by atoms with E-state index < -0.39 is 11.7 Å². The number of likely N-dealkylation sites (tertiary alicyclic amines) is 1. The molecule has 1 aliphatic heterocycles. The van der Waals surface area contributed by atoms with E-state index >= 15 is 0 Å². The highest BCUT2D eigenvalue weighted by molar-refractivity contribution is 5.80. The van der Waals surface area contributed by atoms with E-state index in [2.05, 4.69) is 29.3 Å². The maximum absolute atomic E-state index is 12.2. The SMILES string of the molecule is Cc1cc2cn[nH]c2cc1C1CCN(C(=O)OC(C)(C)C)CC1O.